The second kappa shape index (κ2) is 4.09. The third kappa shape index (κ3) is 2.31. The number of aromatic nitrogens is 1. The van der Waals surface area contributed by atoms with Crippen LogP contribution in [0.3, 0.4) is 0 Å². The van der Waals surface area contributed by atoms with E-state index in [2.05, 4.69) is 4.98 Å². The van der Waals surface area contributed by atoms with E-state index in [1.807, 2.05) is 12.1 Å². The number of anilines is 1. The Bertz CT molecular complexity index is 469. The summed E-state index contributed by atoms with van der Waals surface area (Å²) in [6, 6.07) is 10.3. The van der Waals surface area contributed by atoms with Crippen molar-refractivity contribution in [2.45, 2.75) is 6.42 Å². The Hall–Kier alpha value is -1.90. The summed E-state index contributed by atoms with van der Waals surface area (Å²) in [4.78, 5) is 3.89. The van der Waals surface area contributed by atoms with Gasteiger partial charge in [-0.05, 0) is 29.3 Å². The van der Waals surface area contributed by atoms with Crippen LogP contribution in [0.15, 0.2) is 42.6 Å². The van der Waals surface area contributed by atoms with Gasteiger partial charge in [-0.2, -0.15) is 0 Å². The maximum Gasteiger partial charge on any atom is 0.126 e. The monoisotopic (exact) mass is 202 g/mol. The van der Waals surface area contributed by atoms with E-state index in [0.29, 0.717) is 17.8 Å². The highest BCUT2D eigenvalue weighted by atomic mass is 19.1. The fourth-order valence-electron chi connectivity index (χ4n) is 1.47. The minimum Gasteiger partial charge on any atom is -0.384 e. The summed E-state index contributed by atoms with van der Waals surface area (Å²) < 4.78 is 13.3. The van der Waals surface area contributed by atoms with E-state index in [-0.39, 0.29) is 5.82 Å². The SMILES string of the molecule is Nc1cc(Cc2ccccc2F)ccn1. The van der Waals surface area contributed by atoms with E-state index in [0.717, 1.165) is 5.56 Å². The largest absolute Gasteiger partial charge is 0.384 e. The molecule has 1 aromatic carbocycles. The van der Waals surface area contributed by atoms with Crippen LogP contribution in [-0.4, -0.2) is 4.98 Å². The molecule has 2 nitrogen and oxygen atoms in total. The van der Waals surface area contributed by atoms with Gasteiger partial charge in [-0.1, -0.05) is 18.2 Å². The number of hydrogen-bond acceptors (Lipinski definition) is 2. The molecule has 0 amide bonds. The summed E-state index contributed by atoms with van der Waals surface area (Å²) in [6.07, 6.45) is 2.17. The molecular weight excluding hydrogens is 191 g/mol. The van der Waals surface area contributed by atoms with Gasteiger partial charge in [0.25, 0.3) is 0 Å². The van der Waals surface area contributed by atoms with E-state index < -0.39 is 0 Å². The summed E-state index contributed by atoms with van der Waals surface area (Å²) in [5.74, 6) is 0.275. The third-order valence-corrected chi connectivity index (χ3v) is 2.20. The van der Waals surface area contributed by atoms with Crippen LogP contribution in [0, 0.1) is 5.82 Å². The number of nitrogens with zero attached hydrogens (tertiary/aromatic N) is 1. The Labute approximate surface area is 87.6 Å². The first kappa shape index (κ1) is 9.65. The lowest BCUT2D eigenvalue weighted by molar-refractivity contribution is 0.614. The Balaban J connectivity index is 2.26. The zero-order valence-electron chi connectivity index (χ0n) is 8.15. The normalized spacial score (nSPS) is 10.2. The minimum atomic E-state index is -0.187. The predicted octanol–water partition coefficient (Wildman–Crippen LogP) is 2.39. The number of hydrogen-bond donors (Lipinski definition) is 1. The number of rotatable bonds is 2. The molecule has 2 rings (SSSR count). The van der Waals surface area contributed by atoms with Gasteiger partial charge in [0.15, 0.2) is 0 Å². The summed E-state index contributed by atoms with van der Waals surface area (Å²) >= 11 is 0. The van der Waals surface area contributed by atoms with E-state index in [1.165, 1.54) is 6.07 Å². The molecule has 2 N–H and O–H groups in total. The topological polar surface area (TPSA) is 38.9 Å². The van der Waals surface area contributed by atoms with Crippen molar-refractivity contribution in [3.05, 3.63) is 59.5 Å². The molecular formula is C12H11FN2. The lowest BCUT2D eigenvalue weighted by Crippen LogP contribution is -1.95. The van der Waals surface area contributed by atoms with Gasteiger partial charge in [-0.3, -0.25) is 0 Å². The zero-order chi connectivity index (χ0) is 10.7. The van der Waals surface area contributed by atoms with Gasteiger partial charge in [-0.15, -0.1) is 0 Å². The van der Waals surface area contributed by atoms with E-state index in [9.17, 15) is 4.39 Å². The van der Waals surface area contributed by atoms with Gasteiger partial charge < -0.3 is 5.73 Å². The number of nitrogens with two attached hydrogens (primary N) is 1. The van der Waals surface area contributed by atoms with Gasteiger partial charge in [0, 0.05) is 12.6 Å². The lowest BCUT2D eigenvalue weighted by atomic mass is 10.1. The molecule has 76 valence electrons. The zero-order valence-corrected chi connectivity index (χ0v) is 8.15. The maximum atomic E-state index is 13.3. The quantitative estimate of drug-likeness (QED) is 0.812. The molecule has 1 aromatic heterocycles. The van der Waals surface area contributed by atoms with Crippen molar-refractivity contribution in [3.8, 4) is 0 Å². The van der Waals surface area contributed by atoms with Crippen molar-refractivity contribution in [2.24, 2.45) is 0 Å². The van der Waals surface area contributed by atoms with E-state index in [4.69, 9.17) is 5.73 Å². The molecule has 0 aliphatic rings. The molecule has 0 saturated heterocycles. The van der Waals surface area contributed by atoms with Crippen molar-refractivity contribution >= 4 is 5.82 Å². The van der Waals surface area contributed by atoms with Crippen molar-refractivity contribution in [1.82, 2.24) is 4.98 Å². The molecule has 0 fully saturated rings. The van der Waals surface area contributed by atoms with Crippen molar-refractivity contribution in [3.63, 3.8) is 0 Å². The molecule has 0 radical (unpaired) electrons. The Morgan fingerprint density at radius 3 is 2.73 bits per heavy atom. The molecule has 0 spiro atoms. The molecule has 3 heteroatoms. The first-order chi connectivity index (χ1) is 7.25. The number of benzene rings is 1. The minimum absolute atomic E-state index is 0.187. The van der Waals surface area contributed by atoms with Gasteiger partial charge in [0.05, 0.1) is 0 Å². The van der Waals surface area contributed by atoms with Crippen LogP contribution in [0.5, 0.6) is 0 Å². The highest BCUT2D eigenvalue weighted by Crippen LogP contribution is 2.13. The van der Waals surface area contributed by atoms with Crippen LogP contribution >= 0.6 is 0 Å². The van der Waals surface area contributed by atoms with Gasteiger partial charge >= 0.3 is 0 Å². The van der Waals surface area contributed by atoms with Crippen LogP contribution in [0.2, 0.25) is 0 Å². The Morgan fingerprint density at radius 1 is 1.20 bits per heavy atom. The average molecular weight is 202 g/mol. The van der Waals surface area contributed by atoms with Crippen LogP contribution in [0.4, 0.5) is 10.2 Å². The van der Waals surface area contributed by atoms with Crippen molar-refractivity contribution < 1.29 is 4.39 Å². The van der Waals surface area contributed by atoms with Crippen LogP contribution < -0.4 is 5.73 Å². The van der Waals surface area contributed by atoms with Gasteiger partial charge in [-0.25, -0.2) is 9.37 Å². The van der Waals surface area contributed by atoms with Gasteiger partial charge in [0.1, 0.15) is 11.6 Å². The molecule has 2 aromatic rings. The molecule has 15 heavy (non-hydrogen) atoms. The highest BCUT2D eigenvalue weighted by molar-refractivity contribution is 5.35. The molecule has 0 aliphatic heterocycles. The molecule has 0 aliphatic carbocycles. The number of nitrogen functional groups attached to an aromatic ring is 1. The summed E-state index contributed by atoms with van der Waals surface area (Å²) in [5.41, 5.74) is 7.18. The second-order valence-corrected chi connectivity index (χ2v) is 3.36. The summed E-state index contributed by atoms with van der Waals surface area (Å²) in [7, 11) is 0. The molecule has 0 unspecified atom stereocenters. The van der Waals surface area contributed by atoms with Gasteiger partial charge in [0.2, 0.25) is 0 Å². The first-order valence-corrected chi connectivity index (χ1v) is 4.69. The maximum absolute atomic E-state index is 13.3. The van der Waals surface area contributed by atoms with E-state index >= 15 is 0 Å². The number of pyridine rings is 1. The lowest BCUT2D eigenvalue weighted by Gasteiger charge is -2.03. The summed E-state index contributed by atoms with van der Waals surface area (Å²) in [6.45, 7) is 0. The smallest absolute Gasteiger partial charge is 0.126 e. The Morgan fingerprint density at radius 2 is 2.00 bits per heavy atom. The molecule has 0 bridgehead atoms. The van der Waals surface area contributed by atoms with Crippen molar-refractivity contribution in [1.29, 1.82) is 0 Å². The van der Waals surface area contributed by atoms with Crippen LogP contribution in [-0.2, 0) is 6.42 Å². The van der Waals surface area contributed by atoms with Crippen LogP contribution in [0.25, 0.3) is 0 Å². The first-order valence-electron chi connectivity index (χ1n) is 4.69. The standard InChI is InChI=1S/C12H11FN2/c13-11-4-2-1-3-10(11)7-9-5-6-15-12(14)8-9/h1-6,8H,7H2,(H2,14,15). The van der Waals surface area contributed by atoms with Crippen molar-refractivity contribution in [2.75, 3.05) is 5.73 Å². The highest BCUT2D eigenvalue weighted by Gasteiger charge is 2.02. The van der Waals surface area contributed by atoms with Crippen LogP contribution in [0.1, 0.15) is 11.1 Å². The average Bonchev–Trinajstić information content (AvgIpc) is 2.22. The molecule has 1 heterocycles. The molecule has 0 saturated carbocycles. The fraction of sp³-hybridized carbons (Fsp3) is 0.0833. The molecule has 0 atom stereocenters. The fourth-order valence-corrected chi connectivity index (χ4v) is 1.47. The predicted molar refractivity (Wildman–Crippen MR) is 57.9 cm³/mol. The Kier molecular flexibility index (Phi) is 2.63. The van der Waals surface area contributed by atoms with E-state index in [1.54, 1.807) is 24.4 Å². The summed E-state index contributed by atoms with van der Waals surface area (Å²) in [5, 5.41) is 0. The third-order valence-electron chi connectivity index (χ3n) is 2.20. The second-order valence-electron chi connectivity index (χ2n) is 3.36. The number of halogens is 1.